The first-order valence-electron chi connectivity index (χ1n) is 7.15. The molecule has 100 valence electrons. The third kappa shape index (κ3) is 2.92. The van der Waals surface area contributed by atoms with Crippen LogP contribution in [-0.2, 0) is 6.42 Å². The van der Waals surface area contributed by atoms with Crippen molar-refractivity contribution in [1.29, 1.82) is 0 Å². The van der Waals surface area contributed by atoms with E-state index < -0.39 is 0 Å². The van der Waals surface area contributed by atoms with E-state index in [1.54, 1.807) is 0 Å². The molecular formula is C14H23N3S. The Morgan fingerprint density at radius 2 is 2.44 bits per heavy atom. The molecule has 3 heterocycles. The molecule has 0 radical (unpaired) electrons. The fraction of sp³-hybridized carbons (Fsp3) is 0.786. The van der Waals surface area contributed by atoms with Crippen LogP contribution < -0.4 is 5.32 Å². The van der Waals surface area contributed by atoms with Crippen LogP contribution in [-0.4, -0.2) is 43.1 Å². The number of hydrogen-bond donors (Lipinski definition) is 1. The second kappa shape index (κ2) is 5.68. The lowest BCUT2D eigenvalue weighted by molar-refractivity contribution is 0.250. The Hall–Kier alpha value is -0.450. The summed E-state index contributed by atoms with van der Waals surface area (Å²) in [6.07, 6.45) is 5.13. The van der Waals surface area contributed by atoms with Gasteiger partial charge in [-0.2, -0.15) is 0 Å². The third-order valence-electron chi connectivity index (χ3n) is 4.20. The van der Waals surface area contributed by atoms with Crippen molar-refractivity contribution in [1.82, 2.24) is 15.2 Å². The maximum Gasteiger partial charge on any atom is 0.0972 e. The summed E-state index contributed by atoms with van der Waals surface area (Å²) in [5, 5.41) is 7.11. The van der Waals surface area contributed by atoms with Gasteiger partial charge in [-0.25, -0.2) is 4.98 Å². The Balaban J connectivity index is 1.61. The van der Waals surface area contributed by atoms with Gasteiger partial charge in [0.1, 0.15) is 0 Å². The molecule has 2 saturated heterocycles. The maximum absolute atomic E-state index is 4.90. The van der Waals surface area contributed by atoms with Gasteiger partial charge in [0.2, 0.25) is 0 Å². The van der Waals surface area contributed by atoms with Gasteiger partial charge in [0.05, 0.1) is 10.7 Å². The van der Waals surface area contributed by atoms with E-state index in [0.29, 0.717) is 5.92 Å². The number of thiazole rings is 1. The minimum Gasteiger partial charge on any atom is -0.316 e. The fourth-order valence-corrected chi connectivity index (χ4v) is 4.12. The van der Waals surface area contributed by atoms with E-state index >= 15 is 0 Å². The molecule has 4 heteroatoms. The van der Waals surface area contributed by atoms with Crippen LogP contribution in [0.15, 0.2) is 5.38 Å². The molecule has 0 aromatic carbocycles. The maximum atomic E-state index is 4.90. The number of aromatic nitrogens is 1. The lowest BCUT2D eigenvalue weighted by Gasteiger charge is -2.28. The molecular weight excluding hydrogens is 242 g/mol. The van der Waals surface area contributed by atoms with Crippen LogP contribution in [0.2, 0.25) is 0 Å². The molecule has 2 aliphatic heterocycles. The van der Waals surface area contributed by atoms with Gasteiger partial charge in [0.25, 0.3) is 0 Å². The Bertz CT molecular complexity index is 384. The van der Waals surface area contributed by atoms with Crippen molar-refractivity contribution in [2.75, 3.05) is 33.2 Å². The van der Waals surface area contributed by atoms with Crippen molar-refractivity contribution in [2.24, 2.45) is 5.92 Å². The first-order chi connectivity index (χ1) is 8.81. The summed E-state index contributed by atoms with van der Waals surface area (Å²) in [5.74, 6) is 1.50. The molecule has 2 atom stereocenters. The van der Waals surface area contributed by atoms with Crippen LogP contribution in [0.25, 0.3) is 0 Å². The largest absolute Gasteiger partial charge is 0.316 e. The summed E-state index contributed by atoms with van der Waals surface area (Å²) in [7, 11) is 2.23. The predicted octanol–water partition coefficient (Wildman–Crippen LogP) is 2.10. The number of likely N-dealkylation sites (tertiary alicyclic amines) is 1. The fourth-order valence-electron chi connectivity index (χ4n) is 3.16. The van der Waals surface area contributed by atoms with Gasteiger partial charge in [-0.15, -0.1) is 11.3 Å². The average molecular weight is 265 g/mol. The van der Waals surface area contributed by atoms with Gasteiger partial charge in [0, 0.05) is 17.8 Å². The van der Waals surface area contributed by atoms with Gasteiger partial charge in [-0.1, -0.05) is 0 Å². The molecule has 0 bridgehead atoms. The van der Waals surface area contributed by atoms with Crippen LogP contribution in [0, 0.1) is 5.92 Å². The topological polar surface area (TPSA) is 28.2 Å². The summed E-state index contributed by atoms with van der Waals surface area (Å²) in [5.41, 5.74) is 1.33. The minimum absolute atomic E-state index is 0.684. The highest BCUT2D eigenvalue weighted by molar-refractivity contribution is 7.09. The number of nitrogens with one attached hydrogen (secondary N) is 1. The molecule has 0 aliphatic carbocycles. The monoisotopic (exact) mass is 265 g/mol. The van der Waals surface area contributed by atoms with Crippen molar-refractivity contribution in [3.63, 3.8) is 0 Å². The second-order valence-corrected chi connectivity index (χ2v) is 6.73. The van der Waals surface area contributed by atoms with Gasteiger partial charge < -0.3 is 10.2 Å². The smallest absolute Gasteiger partial charge is 0.0972 e. The lowest BCUT2D eigenvalue weighted by Crippen LogP contribution is -2.30. The second-order valence-electron chi connectivity index (χ2n) is 5.84. The van der Waals surface area contributed by atoms with Crippen molar-refractivity contribution >= 4 is 11.3 Å². The molecule has 0 saturated carbocycles. The van der Waals surface area contributed by atoms with E-state index in [1.807, 2.05) is 11.3 Å². The molecule has 2 fully saturated rings. The number of piperidine rings is 1. The van der Waals surface area contributed by atoms with Crippen LogP contribution >= 0.6 is 11.3 Å². The molecule has 2 unspecified atom stereocenters. The van der Waals surface area contributed by atoms with Crippen molar-refractivity contribution in [3.05, 3.63) is 16.1 Å². The first kappa shape index (κ1) is 12.6. The number of likely N-dealkylation sites (N-methyl/N-ethyl adjacent to an activating group) is 1. The van der Waals surface area contributed by atoms with E-state index in [9.17, 15) is 0 Å². The highest BCUT2D eigenvalue weighted by Gasteiger charge is 2.22. The first-order valence-corrected chi connectivity index (χ1v) is 8.03. The van der Waals surface area contributed by atoms with Crippen LogP contribution in [0.1, 0.15) is 35.9 Å². The molecule has 18 heavy (non-hydrogen) atoms. The van der Waals surface area contributed by atoms with E-state index in [4.69, 9.17) is 4.98 Å². The van der Waals surface area contributed by atoms with Crippen molar-refractivity contribution in [2.45, 2.75) is 31.6 Å². The predicted molar refractivity (Wildman–Crippen MR) is 76.3 cm³/mol. The highest BCUT2D eigenvalue weighted by atomic mass is 32.1. The number of hydrogen-bond acceptors (Lipinski definition) is 4. The Morgan fingerprint density at radius 1 is 1.50 bits per heavy atom. The average Bonchev–Trinajstić information content (AvgIpc) is 3.01. The van der Waals surface area contributed by atoms with E-state index in [0.717, 1.165) is 5.92 Å². The molecule has 3 rings (SSSR count). The lowest BCUT2D eigenvalue weighted by atomic mass is 9.99. The molecule has 0 spiro atoms. The van der Waals surface area contributed by atoms with Gasteiger partial charge in [0.15, 0.2) is 0 Å². The quantitative estimate of drug-likeness (QED) is 0.907. The number of nitrogens with zero attached hydrogens (tertiary/aromatic N) is 2. The molecule has 1 aromatic rings. The number of rotatable bonds is 3. The summed E-state index contributed by atoms with van der Waals surface area (Å²) in [4.78, 5) is 7.34. The molecule has 3 nitrogen and oxygen atoms in total. The van der Waals surface area contributed by atoms with Crippen LogP contribution in [0.5, 0.6) is 0 Å². The Morgan fingerprint density at radius 3 is 3.22 bits per heavy atom. The van der Waals surface area contributed by atoms with Crippen molar-refractivity contribution < 1.29 is 0 Å². The normalized spacial score (nSPS) is 29.8. The SMILES string of the molecule is CN1CCCC(c2nc(CC3CCNC3)cs2)C1. The van der Waals surface area contributed by atoms with Crippen LogP contribution in [0.4, 0.5) is 0 Å². The molecule has 2 aliphatic rings. The van der Waals surface area contributed by atoms with Gasteiger partial charge in [-0.3, -0.25) is 0 Å². The molecule has 1 aromatic heterocycles. The summed E-state index contributed by atoms with van der Waals surface area (Å²) in [6.45, 7) is 4.81. The molecule has 0 amide bonds. The minimum atomic E-state index is 0.684. The van der Waals surface area contributed by atoms with E-state index in [2.05, 4.69) is 22.6 Å². The summed E-state index contributed by atoms with van der Waals surface area (Å²) >= 11 is 1.88. The summed E-state index contributed by atoms with van der Waals surface area (Å²) < 4.78 is 0. The molecule has 1 N–H and O–H groups in total. The van der Waals surface area contributed by atoms with E-state index in [-0.39, 0.29) is 0 Å². The van der Waals surface area contributed by atoms with E-state index in [1.165, 1.54) is 62.6 Å². The third-order valence-corrected chi connectivity index (χ3v) is 5.26. The van der Waals surface area contributed by atoms with Crippen LogP contribution in [0.3, 0.4) is 0 Å². The van der Waals surface area contributed by atoms with Crippen molar-refractivity contribution in [3.8, 4) is 0 Å². The Kier molecular flexibility index (Phi) is 3.97. The zero-order chi connectivity index (χ0) is 12.4. The van der Waals surface area contributed by atoms with Gasteiger partial charge >= 0.3 is 0 Å². The zero-order valence-electron chi connectivity index (χ0n) is 11.2. The standard InChI is InChI=1S/C14H23N3S/c1-17-6-2-3-12(9-17)14-16-13(10-18-14)7-11-4-5-15-8-11/h10-12,15H,2-9H2,1H3. The summed E-state index contributed by atoms with van der Waals surface area (Å²) in [6, 6.07) is 0. The Labute approximate surface area is 114 Å². The highest BCUT2D eigenvalue weighted by Crippen LogP contribution is 2.29. The zero-order valence-corrected chi connectivity index (χ0v) is 12.0. The van der Waals surface area contributed by atoms with Gasteiger partial charge in [-0.05, 0) is 58.3 Å².